The fourth-order valence-corrected chi connectivity index (χ4v) is 2.58. The first-order chi connectivity index (χ1) is 9.97. The van der Waals surface area contributed by atoms with Gasteiger partial charge in [-0.25, -0.2) is 4.39 Å². The summed E-state index contributed by atoms with van der Waals surface area (Å²) in [6.45, 7) is 5.83. The van der Waals surface area contributed by atoms with Crippen LogP contribution in [0.15, 0.2) is 24.3 Å². The molecule has 0 bridgehead atoms. The summed E-state index contributed by atoms with van der Waals surface area (Å²) in [5.74, 6) is -0.146. The van der Waals surface area contributed by atoms with Gasteiger partial charge in [0.15, 0.2) is 0 Å². The molecule has 0 atom stereocenters. The lowest BCUT2D eigenvalue weighted by Crippen LogP contribution is -3.13. The van der Waals surface area contributed by atoms with Crippen molar-refractivity contribution in [2.75, 3.05) is 54.4 Å². The summed E-state index contributed by atoms with van der Waals surface area (Å²) in [7, 11) is 8.81. The first-order valence-electron chi connectivity index (χ1n) is 8.13. The Kier molecular flexibility index (Phi) is 8.50. The van der Waals surface area contributed by atoms with Crippen molar-refractivity contribution < 1.29 is 19.1 Å². The number of hydrogen-bond acceptors (Lipinski definition) is 0. The Labute approximate surface area is 129 Å². The highest BCUT2D eigenvalue weighted by Gasteiger charge is 2.11. The van der Waals surface area contributed by atoms with Crippen molar-refractivity contribution in [1.82, 2.24) is 0 Å². The van der Waals surface area contributed by atoms with Crippen LogP contribution in [0.1, 0.15) is 18.4 Å². The summed E-state index contributed by atoms with van der Waals surface area (Å²) in [5, 5.41) is 0. The minimum absolute atomic E-state index is 0.146. The maximum absolute atomic E-state index is 13.0. The number of nitrogens with one attached hydrogen (secondary N) is 3. The van der Waals surface area contributed by atoms with E-state index >= 15 is 0 Å². The van der Waals surface area contributed by atoms with Crippen molar-refractivity contribution in [3.8, 4) is 0 Å². The van der Waals surface area contributed by atoms with Gasteiger partial charge >= 0.3 is 0 Å². The first-order valence-corrected chi connectivity index (χ1v) is 8.13. The molecule has 0 aromatic heterocycles. The predicted octanol–water partition coefficient (Wildman–Crippen LogP) is -1.72. The monoisotopic (exact) mass is 298 g/mol. The van der Waals surface area contributed by atoms with Crippen LogP contribution < -0.4 is 14.7 Å². The van der Waals surface area contributed by atoms with Crippen molar-refractivity contribution >= 4 is 0 Å². The van der Waals surface area contributed by atoms with Crippen LogP contribution >= 0.6 is 0 Å². The number of halogens is 1. The third kappa shape index (κ3) is 8.81. The van der Waals surface area contributed by atoms with Crippen LogP contribution in [0, 0.1) is 5.82 Å². The zero-order chi connectivity index (χ0) is 15.7. The third-order valence-electron chi connectivity index (χ3n) is 3.78. The molecule has 0 aliphatic rings. The van der Waals surface area contributed by atoms with Gasteiger partial charge in [0.2, 0.25) is 0 Å². The maximum atomic E-state index is 13.0. The molecule has 1 rings (SSSR count). The minimum atomic E-state index is -0.146. The lowest BCUT2D eigenvalue weighted by atomic mass is 10.2. The fourth-order valence-electron chi connectivity index (χ4n) is 2.58. The van der Waals surface area contributed by atoms with Gasteiger partial charge in [0, 0.05) is 18.4 Å². The molecule has 0 amide bonds. The fraction of sp³-hybridized carbons (Fsp3) is 0.647. The lowest BCUT2D eigenvalue weighted by Gasteiger charge is -2.20. The lowest BCUT2D eigenvalue weighted by molar-refractivity contribution is -0.925. The van der Waals surface area contributed by atoms with Gasteiger partial charge in [-0.2, -0.15) is 0 Å². The van der Waals surface area contributed by atoms with Crippen LogP contribution in [0.3, 0.4) is 0 Å². The highest BCUT2D eigenvalue weighted by atomic mass is 19.1. The van der Waals surface area contributed by atoms with Crippen molar-refractivity contribution in [3.63, 3.8) is 0 Å². The van der Waals surface area contributed by atoms with E-state index in [-0.39, 0.29) is 5.82 Å². The smallest absolute Gasteiger partial charge is 0.123 e. The van der Waals surface area contributed by atoms with Gasteiger partial charge < -0.3 is 14.7 Å². The molecule has 21 heavy (non-hydrogen) atoms. The van der Waals surface area contributed by atoms with Gasteiger partial charge in [0.05, 0.1) is 54.4 Å². The predicted molar refractivity (Wildman–Crippen MR) is 85.4 cm³/mol. The van der Waals surface area contributed by atoms with Gasteiger partial charge in [0.25, 0.3) is 0 Å². The first kappa shape index (κ1) is 18.1. The number of hydrogen-bond donors (Lipinski definition) is 3. The Hall–Kier alpha value is -0.970. The average molecular weight is 298 g/mol. The van der Waals surface area contributed by atoms with E-state index in [0.29, 0.717) is 0 Å². The SMILES string of the molecule is C[NH+](C)CCC[NH+](CCC[NH+](C)C)Cc1ccc(F)cc1. The second kappa shape index (κ2) is 9.87. The summed E-state index contributed by atoms with van der Waals surface area (Å²) in [5.41, 5.74) is 1.24. The Morgan fingerprint density at radius 1 is 0.762 bits per heavy atom. The van der Waals surface area contributed by atoms with E-state index in [1.807, 2.05) is 12.1 Å². The molecule has 0 fully saturated rings. The molecule has 1 aromatic carbocycles. The zero-order valence-corrected chi connectivity index (χ0v) is 14.1. The van der Waals surface area contributed by atoms with Crippen LogP contribution in [0.25, 0.3) is 0 Å². The van der Waals surface area contributed by atoms with Gasteiger partial charge in [-0.15, -0.1) is 0 Å². The van der Waals surface area contributed by atoms with Crippen LogP contribution in [0.4, 0.5) is 4.39 Å². The number of quaternary nitrogens is 3. The molecule has 4 heteroatoms. The van der Waals surface area contributed by atoms with E-state index in [9.17, 15) is 4.39 Å². The quantitative estimate of drug-likeness (QED) is 0.455. The molecule has 3 N–H and O–H groups in total. The molecule has 0 spiro atoms. The second-order valence-electron chi connectivity index (χ2n) is 6.67. The van der Waals surface area contributed by atoms with Crippen molar-refractivity contribution in [2.45, 2.75) is 19.4 Å². The Balaban J connectivity index is 2.47. The van der Waals surface area contributed by atoms with Crippen LogP contribution in [0.2, 0.25) is 0 Å². The Morgan fingerprint density at radius 3 is 1.67 bits per heavy atom. The molecule has 0 radical (unpaired) electrons. The van der Waals surface area contributed by atoms with Crippen LogP contribution in [0.5, 0.6) is 0 Å². The summed E-state index contributed by atoms with van der Waals surface area (Å²) in [4.78, 5) is 4.63. The van der Waals surface area contributed by atoms with E-state index in [0.717, 1.165) is 6.54 Å². The van der Waals surface area contributed by atoms with Gasteiger partial charge in [0.1, 0.15) is 12.4 Å². The molecular weight excluding hydrogens is 265 g/mol. The second-order valence-corrected chi connectivity index (χ2v) is 6.67. The number of rotatable bonds is 10. The van der Waals surface area contributed by atoms with Gasteiger partial charge in [-0.05, 0) is 12.1 Å². The molecule has 3 nitrogen and oxygen atoms in total. The normalized spacial score (nSPS) is 11.8. The third-order valence-corrected chi connectivity index (χ3v) is 3.78. The number of benzene rings is 1. The van der Waals surface area contributed by atoms with Gasteiger partial charge in [-0.1, -0.05) is 12.1 Å². The Morgan fingerprint density at radius 2 is 1.24 bits per heavy atom. The maximum Gasteiger partial charge on any atom is 0.123 e. The van der Waals surface area contributed by atoms with Crippen molar-refractivity contribution in [2.24, 2.45) is 0 Å². The molecule has 0 saturated carbocycles. The zero-order valence-electron chi connectivity index (χ0n) is 14.1. The highest BCUT2D eigenvalue weighted by molar-refractivity contribution is 5.14. The molecule has 0 saturated heterocycles. The van der Waals surface area contributed by atoms with E-state index in [4.69, 9.17) is 0 Å². The summed E-state index contributed by atoms with van der Waals surface area (Å²) in [6.07, 6.45) is 2.49. The van der Waals surface area contributed by atoms with Crippen molar-refractivity contribution in [3.05, 3.63) is 35.6 Å². The van der Waals surface area contributed by atoms with Crippen LogP contribution in [-0.4, -0.2) is 54.4 Å². The van der Waals surface area contributed by atoms with E-state index in [1.165, 1.54) is 54.4 Å². The van der Waals surface area contributed by atoms with E-state index in [2.05, 4.69) is 28.2 Å². The molecule has 120 valence electrons. The van der Waals surface area contributed by atoms with E-state index in [1.54, 1.807) is 17.0 Å². The summed E-state index contributed by atoms with van der Waals surface area (Å²) in [6, 6.07) is 6.98. The summed E-state index contributed by atoms with van der Waals surface area (Å²) >= 11 is 0. The largest absolute Gasteiger partial charge is 0.340 e. The molecule has 1 aromatic rings. The standard InChI is InChI=1S/C17H30FN3/c1-19(2)11-5-13-21(14-6-12-20(3)4)15-16-7-9-17(18)10-8-16/h7-10H,5-6,11-15H2,1-4H3/p+3. The van der Waals surface area contributed by atoms with Gasteiger partial charge in [-0.3, -0.25) is 0 Å². The summed E-state index contributed by atoms with van der Waals surface area (Å²) < 4.78 is 13.0. The highest BCUT2D eigenvalue weighted by Crippen LogP contribution is 2.00. The average Bonchev–Trinajstić information content (AvgIpc) is 2.40. The molecule has 0 heterocycles. The minimum Gasteiger partial charge on any atom is -0.340 e. The molecular formula is C17H33FN3+3. The topological polar surface area (TPSA) is 13.3 Å². The molecule has 0 aliphatic carbocycles. The van der Waals surface area contributed by atoms with Crippen molar-refractivity contribution in [1.29, 1.82) is 0 Å². The Bertz CT molecular complexity index is 362. The van der Waals surface area contributed by atoms with E-state index < -0.39 is 0 Å². The molecule has 0 aliphatic heterocycles. The molecule has 0 unspecified atom stereocenters. The van der Waals surface area contributed by atoms with Crippen LogP contribution in [-0.2, 0) is 6.54 Å².